The van der Waals surface area contributed by atoms with Crippen LogP contribution in [0.25, 0.3) is 22.3 Å². The third kappa shape index (κ3) is 3.12. The molecule has 0 spiro atoms. The molecule has 3 N–H and O–H groups in total. The molecule has 25 heavy (non-hydrogen) atoms. The van der Waals surface area contributed by atoms with Gasteiger partial charge in [-0.15, -0.1) is 0 Å². The first kappa shape index (κ1) is 16.4. The average Bonchev–Trinajstić information content (AvgIpc) is 3.05. The molecule has 7 heteroatoms. The van der Waals surface area contributed by atoms with Crippen molar-refractivity contribution < 1.29 is 14.7 Å². The fourth-order valence-electron chi connectivity index (χ4n) is 2.46. The molecule has 0 saturated carbocycles. The number of hydrogen-bond acceptors (Lipinski definition) is 4. The molecule has 3 aromatic rings. The van der Waals surface area contributed by atoms with Gasteiger partial charge in [0.2, 0.25) is 0 Å². The van der Waals surface area contributed by atoms with Crippen molar-refractivity contribution in [1.29, 1.82) is 0 Å². The Morgan fingerprint density at radius 3 is 2.80 bits per heavy atom. The van der Waals surface area contributed by atoms with Crippen LogP contribution in [0.15, 0.2) is 48.4 Å². The molecule has 0 unspecified atom stereocenters. The van der Waals surface area contributed by atoms with Gasteiger partial charge in [-0.3, -0.25) is 4.79 Å². The standard InChI is InChI=1S/C18H16N4O3/c1-3-10(2)17(23)22-12-6-4-5-11(7-12)15-14-13(18(24)25)8-19-16(14)21-9-20-15/h3-9H,1-2H3,(H,22,23)(H,24,25)(H,19,20,21)/b10-3+. The van der Waals surface area contributed by atoms with Crippen LogP contribution in [0.3, 0.4) is 0 Å². The molecule has 7 nitrogen and oxygen atoms in total. The normalized spacial score (nSPS) is 11.5. The number of H-pyrrole nitrogens is 1. The second-order valence-corrected chi connectivity index (χ2v) is 5.46. The quantitative estimate of drug-likeness (QED) is 0.634. The molecule has 1 amide bonds. The number of nitrogens with one attached hydrogen (secondary N) is 2. The van der Waals surface area contributed by atoms with Gasteiger partial charge in [0.1, 0.15) is 12.0 Å². The van der Waals surface area contributed by atoms with E-state index in [1.807, 2.05) is 0 Å². The van der Waals surface area contributed by atoms with E-state index in [9.17, 15) is 14.7 Å². The number of aromatic amines is 1. The predicted octanol–water partition coefficient (Wildman–Crippen LogP) is 3.23. The van der Waals surface area contributed by atoms with Crippen LogP contribution in [-0.2, 0) is 4.79 Å². The second-order valence-electron chi connectivity index (χ2n) is 5.46. The van der Waals surface area contributed by atoms with Gasteiger partial charge >= 0.3 is 5.97 Å². The molecule has 0 fully saturated rings. The average molecular weight is 336 g/mol. The number of allylic oxidation sites excluding steroid dienone is 1. The molecule has 1 aromatic carbocycles. The van der Waals surface area contributed by atoms with Crippen molar-refractivity contribution in [2.75, 3.05) is 5.32 Å². The lowest BCUT2D eigenvalue weighted by Crippen LogP contribution is -2.12. The van der Waals surface area contributed by atoms with Crippen molar-refractivity contribution in [3.8, 4) is 11.3 Å². The lowest BCUT2D eigenvalue weighted by molar-refractivity contribution is -0.112. The Hall–Kier alpha value is -3.48. The third-order valence-electron chi connectivity index (χ3n) is 3.89. The molecule has 0 radical (unpaired) electrons. The highest BCUT2D eigenvalue weighted by Crippen LogP contribution is 2.29. The van der Waals surface area contributed by atoms with Gasteiger partial charge in [0.15, 0.2) is 0 Å². The van der Waals surface area contributed by atoms with Crippen LogP contribution in [0.5, 0.6) is 0 Å². The van der Waals surface area contributed by atoms with Gasteiger partial charge in [0.05, 0.1) is 16.6 Å². The first-order valence-corrected chi connectivity index (χ1v) is 7.61. The first-order valence-electron chi connectivity index (χ1n) is 7.61. The van der Waals surface area contributed by atoms with Gasteiger partial charge in [-0.25, -0.2) is 14.8 Å². The molecule has 3 rings (SSSR count). The number of rotatable bonds is 4. The van der Waals surface area contributed by atoms with Crippen LogP contribution < -0.4 is 5.32 Å². The van der Waals surface area contributed by atoms with E-state index in [0.29, 0.717) is 33.6 Å². The lowest BCUT2D eigenvalue weighted by Gasteiger charge is -2.08. The molecule has 126 valence electrons. The molecule has 0 aliphatic rings. The summed E-state index contributed by atoms with van der Waals surface area (Å²) in [5.74, 6) is -1.25. The van der Waals surface area contributed by atoms with Crippen molar-refractivity contribution in [3.63, 3.8) is 0 Å². The minimum Gasteiger partial charge on any atom is -0.478 e. The molecular weight excluding hydrogens is 320 g/mol. The summed E-state index contributed by atoms with van der Waals surface area (Å²) >= 11 is 0. The molecule has 0 aliphatic heterocycles. The molecule has 2 aromatic heterocycles. The van der Waals surface area contributed by atoms with Crippen LogP contribution >= 0.6 is 0 Å². The Morgan fingerprint density at radius 2 is 2.08 bits per heavy atom. The number of amides is 1. The van der Waals surface area contributed by atoms with Crippen molar-refractivity contribution in [1.82, 2.24) is 15.0 Å². The number of carboxylic acid groups (broad SMARTS) is 1. The summed E-state index contributed by atoms with van der Waals surface area (Å²) in [6.07, 6.45) is 4.49. The number of fused-ring (bicyclic) bond motifs is 1. The Labute approximate surface area is 143 Å². The van der Waals surface area contributed by atoms with Gasteiger partial charge in [-0.2, -0.15) is 0 Å². The highest BCUT2D eigenvalue weighted by Gasteiger charge is 2.17. The fraction of sp³-hybridized carbons (Fsp3) is 0.111. The zero-order valence-corrected chi connectivity index (χ0v) is 13.7. The highest BCUT2D eigenvalue weighted by atomic mass is 16.4. The monoisotopic (exact) mass is 336 g/mol. The number of aromatic carboxylic acids is 1. The smallest absolute Gasteiger partial charge is 0.338 e. The van der Waals surface area contributed by atoms with Crippen LogP contribution in [0.4, 0.5) is 5.69 Å². The summed E-state index contributed by atoms with van der Waals surface area (Å²) in [5.41, 5.74) is 2.93. The Kier molecular flexibility index (Phi) is 4.30. The van der Waals surface area contributed by atoms with Gasteiger partial charge in [-0.1, -0.05) is 18.2 Å². The lowest BCUT2D eigenvalue weighted by atomic mass is 10.1. The topological polar surface area (TPSA) is 108 Å². The third-order valence-corrected chi connectivity index (χ3v) is 3.89. The maximum Gasteiger partial charge on any atom is 0.338 e. The molecular formula is C18H16N4O3. The van der Waals surface area contributed by atoms with Crippen LogP contribution in [0.2, 0.25) is 0 Å². The number of nitrogens with zero attached hydrogens (tertiary/aromatic N) is 2. The molecule has 0 bridgehead atoms. The number of carbonyl (C=O) groups excluding carboxylic acids is 1. The summed E-state index contributed by atoms with van der Waals surface area (Å²) in [6, 6.07) is 7.09. The van der Waals surface area contributed by atoms with E-state index in [2.05, 4.69) is 20.3 Å². The van der Waals surface area contributed by atoms with E-state index in [1.54, 1.807) is 44.2 Å². The minimum absolute atomic E-state index is 0.102. The highest BCUT2D eigenvalue weighted by molar-refractivity contribution is 6.08. The second kappa shape index (κ2) is 6.56. The largest absolute Gasteiger partial charge is 0.478 e. The van der Waals surface area contributed by atoms with E-state index in [-0.39, 0.29) is 11.5 Å². The maximum atomic E-state index is 12.0. The van der Waals surface area contributed by atoms with Crippen LogP contribution in [0.1, 0.15) is 24.2 Å². The minimum atomic E-state index is -1.06. The number of anilines is 1. The molecule has 0 saturated heterocycles. The first-order chi connectivity index (χ1) is 12.0. The van der Waals surface area contributed by atoms with Gasteiger partial charge in [0, 0.05) is 23.0 Å². The van der Waals surface area contributed by atoms with Gasteiger partial charge in [0.25, 0.3) is 5.91 Å². The summed E-state index contributed by atoms with van der Waals surface area (Å²) in [4.78, 5) is 34.6. The fourth-order valence-corrected chi connectivity index (χ4v) is 2.46. The number of hydrogen-bond donors (Lipinski definition) is 3. The summed E-state index contributed by atoms with van der Waals surface area (Å²) < 4.78 is 0. The number of aromatic nitrogens is 3. The SMILES string of the molecule is C/C=C(\C)C(=O)Nc1cccc(-c2ncnc3[nH]cc(C(=O)O)c23)c1. The van der Waals surface area contributed by atoms with Crippen LogP contribution in [-0.4, -0.2) is 31.9 Å². The zero-order chi connectivity index (χ0) is 18.0. The summed E-state index contributed by atoms with van der Waals surface area (Å²) in [7, 11) is 0. The summed E-state index contributed by atoms with van der Waals surface area (Å²) in [6.45, 7) is 3.52. The molecule has 0 aliphatic carbocycles. The molecule has 0 atom stereocenters. The van der Waals surface area contributed by atoms with E-state index < -0.39 is 5.97 Å². The van der Waals surface area contributed by atoms with Crippen LogP contribution in [0, 0.1) is 0 Å². The van der Waals surface area contributed by atoms with E-state index in [1.165, 1.54) is 12.5 Å². The van der Waals surface area contributed by atoms with Crippen molar-refractivity contribution >= 4 is 28.6 Å². The maximum absolute atomic E-state index is 12.0. The van der Waals surface area contributed by atoms with E-state index in [4.69, 9.17) is 0 Å². The number of benzene rings is 1. The Balaban J connectivity index is 2.07. The summed E-state index contributed by atoms with van der Waals surface area (Å²) in [5, 5.41) is 12.6. The zero-order valence-electron chi connectivity index (χ0n) is 13.7. The molecule has 2 heterocycles. The van der Waals surface area contributed by atoms with Crippen molar-refractivity contribution in [2.45, 2.75) is 13.8 Å². The number of carboxylic acids is 1. The van der Waals surface area contributed by atoms with Gasteiger partial charge < -0.3 is 15.4 Å². The predicted molar refractivity (Wildman–Crippen MR) is 94.3 cm³/mol. The van der Waals surface area contributed by atoms with E-state index in [0.717, 1.165) is 0 Å². The van der Waals surface area contributed by atoms with Crippen molar-refractivity contribution in [2.24, 2.45) is 0 Å². The van der Waals surface area contributed by atoms with Crippen molar-refractivity contribution in [3.05, 3.63) is 54.0 Å². The van der Waals surface area contributed by atoms with E-state index >= 15 is 0 Å². The Bertz CT molecular complexity index is 1000. The number of carbonyl (C=O) groups is 2. The Morgan fingerprint density at radius 1 is 1.28 bits per heavy atom. The van der Waals surface area contributed by atoms with Gasteiger partial charge in [-0.05, 0) is 26.0 Å².